The van der Waals surface area contributed by atoms with Crippen LogP contribution in [0.3, 0.4) is 0 Å². The van der Waals surface area contributed by atoms with Crippen molar-refractivity contribution in [1.82, 2.24) is 0 Å². The molecule has 0 aromatic heterocycles. The van der Waals surface area contributed by atoms with Gasteiger partial charge in [-0.2, -0.15) is 0 Å². The summed E-state index contributed by atoms with van der Waals surface area (Å²) in [5.41, 5.74) is 12.1. The summed E-state index contributed by atoms with van der Waals surface area (Å²) in [6.45, 7) is 0. The first-order valence-corrected chi connectivity index (χ1v) is 4.10. The second-order valence-electron chi connectivity index (χ2n) is 2.71. The van der Waals surface area contributed by atoms with E-state index in [0.29, 0.717) is 11.4 Å². The van der Waals surface area contributed by atoms with Crippen LogP contribution in [0.4, 0.5) is 11.4 Å². The number of aliphatic hydroxyl groups excluding tert-OH is 1. The highest BCUT2D eigenvalue weighted by Gasteiger charge is 2.20. The number of nitrogen functional groups attached to an aromatic ring is 2. The summed E-state index contributed by atoms with van der Waals surface area (Å²) in [5, 5.41) is 23.4. The summed E-state index contributed by atoms with van der Waals surface area (Å²) in [6.07, 6.45) is -2.30. The molecule has 0 amide bonds. The van der Waals surface area contributed by atoms with Crippen molar-refractivity contribution in [3.63, 3.8) is 0 Å². The highest BCUT2D eigenvalue weighted by atomic mass is 16.4. The van der Waals surface area contributed by atoms with Crippen molar-refractivity contribution in [3.8, 4) is 0 Å². The third-order valence-corrected chi connectivity index (χ3v) is 1.46. The van der Waals surface area contributed by atoms with Gasteiger partial charge in [-0.05, 0) is 12.1 Å². The lowest BCUT2D eigenvalue weighted by Crippen LogP contribution is -2.28. The minimum atomic E-state index is -2.30. The molecule has 0 aliphatic rings. The molecule has 0 aliphatic carbocycles. The quantitative estimate of drug-likeness (QED) is 0.334. The van der Waals surface area contributed by atoms with E-state index >= 15 is 0 Å². The van der Waals surface area contributed by atoms with Gasteiger partial charge in [0.2, 0.25) is 6.10 Å². The molecule has 0 bridgehead atoms. The molecule has 16 heavy (non-hydrogen) atoms. The number of hydrogen-bond acceptors (Lipinski definition) is 5. The number of carbonyl (C=O) groups is 2. The van der Waals surface area contributed by atoms with E-state index in [2.05, 4.69) is 0 Å². The Hall–Kier alpha value is -2.28. The molecule has 7 heteroatoms. The first-order chi connectivity index (χ1) is 7.36. The lowest BCUT2D eigenvalue weighted by Gasteiger charge is -1.94. The van der Waals surface area contributed by atoms with Crippen LogP contribution in [0.25, 0.3) is 0 Å². The fourth-order valence-corrected chi connectivity index (χ4v) is 0.617. The summed E-state index contributed by atoms with van der Waals surface area (Å²) < 4.78 is 0. The molecule has 0 aliphatic heterocycles. The van der Waals surface area contributed by atoms with Crippen LogP contribution in [0.5, 0.6) is 0 Å². The molecular weight excluding hydrogens is 216 g/mol. The molecule has 0 heterocycles. The van der Waals surface area contributed by atoms with Crippen LogP contribution < -0.4 is 11.5 Å². The predicted octanol–water partition coefficient (Wildman–Crippen LogP) is -0.633. The number of nitrogens with two attached hydrogens (primary N) is 2. The number of benzene rings is 1. The molecule has 1 aromatic rings. The first-order valence-electron chi connectivity index (χ1n) is 4.10. The van der Waals surface area contributed by atoms with Crippen LogP contribution >= 0.6 is 0 Å². The number of hydrogen-bond donors (Lipinski definition) is 5. The summed E-state index contributed by atoms with van der Waals surface area (Å²) in [7, 11) is 0. The number of aliphatic carboxylic acids is 2. The number of carboxylic acid groups (broad SMARTS) is 2. The van der Waals surface area contributed by atoms with Gasteiger partial charge >= 0.3 is 11.9 Å². The van der Waals surface area contributed by atoms with Crippen LogP contribution in [-0.4, -0.2) is 33.4 Å². The average molecular weight is 228 g/mol. The number of para-hydroxylation sites is 2. The smallest absolute Gasteiger partial charge is 0.344 e. The zero-order valence-corrected chi connectivity index (χ0v) is 8.20. The van der Waals surface area contributed by atoms with Crippen molar-refractivity contribution in [2.24, 2.45) is 0 Å². The van der Waals surface area contributed by atoms with E-state index in [0.717, 1.165) is 0 Å². The first kappa shape index (κ1) is 13.7. The van der Waals surface area contributed by atoms with E-state index in [1.165, 1.54) is 0 Å². The fraction of sp³-hybridized carbons (Fsp3) is 0.111. The second-order valence-corrected chi connectivity index (χ2v) is 2.71. The van der Waals surface area contributed by atoms with Crippen LogP contribution in [-0.2, 0) is 9.59 Å². The zero-order chi connectivity index (χ0) is 12.7. The number of aliphatic hydroxyl groups is 1. The van der Waals surface area contributed by atoms with Crippen LogP contribution in [0, 0.1) is 0 Å². The summed E-state index contributed by atoms with van der Waals surface area (Å²) in [6, 6.07) is 7.25. The molecule has 0 spiro atoms. The Bertz CT molecular complexity index is 345. The SMILES string of the molecule is Nc1ccccc1N.O=C(O)C(O)C(=O)O. The van der Waals surface area contributed by atoms with Crippen molar-refractivity contribution >= 4 is 23.3 Å². The Morgan fingerprint density at radius 3 is 1.44 bits per heavy atom. The molecule has 0 atom stereocenters. The molecule has 0 saturated heterocycles. The predicted molar refractivity (Wildman–Crippen MR) is 56.5 cm³/mol. The van der Waals surface area contributed by atoms with Crippen LogP contribution in [0.2, 0.25) is 0 Å². The maximum atomic E-state index is 9.51. The van der Waals surface area contributed by atoms with Gasteiger partial charge in [-0.25, -0.2) is 9.59 Å². The highest BCUT2D eigenvalue weighted by molar-refractivity contribution is 5.95. The van der Waals surface area contributed by atoms with Gasteiger partial charge in [-0.15, -0.1) is 0 Å². The number of anilines is 2. The van der Waals surface area contributed by atoms with Gasteiger partial charge in [0.25, 0.3) is 0 Å². The largest absolute Gasteiger partial charge is 0.479 e. The standard InChI is InChI=1S/C6H8N2.C3H4O5/c7-5-3-1-2-4-6(5)8;4-1(2(5)6)3(7)8/h1-4H,7-8H2;1,4H,(H,5,6)(H,7,8). The molecule has 1 aromatic carbocycles. The fourth-order valence-electron chi connectivity index (χ4n) is 0.617. The van der Waals surface area contributed by atoms with Gasteiger partial charge in [0.1, 0.15) is 0 Å². The van der Waals surface area contributed by atoms with Crippen molar-refractivity contribution in [2.45, 2.75) is 6.10 Å². The molecule has 7 N–H and O–H groups in total. The molecule has 88 valence electrons. The minimum absolute atomic E-state index is 0.646. The third-order valence-electron chi connectivity index (χ3n) is 1.46. The van der Waals surface area contributed by atoms with Crippen molar-refractivity contribution in [3.05, 3.63) is 24.3 Å². The Morgan fingerprint density at radius 1 is 1.00 bits per heavy atom. The van der Waals surface area contributed by atoms with Crippen LogP contribution in [0.1, 0.15) is 0 Å². The Balaban J connectivity index is 0.000000281. The number of carboxylic acids is 2. The number of rotatable bonds is 2. The molecule has 7 nitrogen and oxygen atoms in total. The highest BCUT2D eigenvalue weighted by Crippen LogP contribution is 2.10. The molecule has 0 fully saturated rings. The molecule has 0 radical (unpaired) electrons. The molecular formula is C9H12N2O5. The average Bonchev–Trinajstić information content (AvgIpc) is 2.22. The Morgan fingerprint density at radius 2 is 1.31 bits per heavy atom. The van der Waals surface area contributed by atoms with Gasteiger partial charge in [-0.1, -0.05) is 12.1 Å². The normalized spacial score (nSPS) is 9.12. The third kappa shape index (κ3) is 4.82. The maximum Gasteiger partial charge on any atom is 0.344 e. The van der Waals surface area contributed by atoms with Crippen LogP contribution in [0.15, 0.2) is 24.3 Å². The van der Waals surface area contributed by atoms with E-state index in [4.69, 9.17) is 26.8 Å². The summed E-state index contributed by atoms with van der Waals surface area (Å²) in [4.78, 5) is 19.0. The monoisotopic (exact) mass is 228 g/mol. The van der Waals surface area contributed by atoms with Gasteiger partial charge in [0.05, 0.1) is 11.4 Å². The van der Waals surface area contributed by atoms with Crippen molar-refractivity contribution in [1.29, 1.82) is 0 Å². The summed E-state index contributed by atoms with van der Waals surface area (Å²) >= 11 is 0. The Labute approximate surface area is 90.9 Å². The van der Waals surface area contributed by atoms with Gasteiger partial charge < -0.3 is 26.8 Å². The topological polar surface area (TPSA) is 147 Å². The molecule has 1 rings (SSSR count). The van der Waals surface area contributed by atoms with Gasteiger partial charge in [0.15, 0.2) is 0 Å². The molecule has 0 unspecified atom stereocenters. The van der Waals surface area contributed by atoms with E-state index in [1.807, 2.05) is 12.1 Å². The van der Waals surface area contributed by atoms with Gasteiger partial charge in [-0.3, -0.25) is 0 Å². The summed E-state index contributed by atoms with van der Waals surface area (Å²) in [5.74, 6) is -3.50. The Kier molecular flexibility index (Phi) is 5.36. The van der Waals surface area contributed by atoms with Gasteiger partial charge in [0, 0.05) is 0 Å². The lowest BCUT2D eigenvalue weighted by atomic mass is 10.3. The van der Waals surface area contributed by atoms with Crippen molar-refractivity contribution in [2.75, 3.05) is 11.5 Å². The van der Waals surface area contributed by atoms with E-state index in [9.17, 15) is 9.59 Å². The van der Waals surface area contributed by atoms with E-state index in [-0.39, 0.29) is 0 Å². The lowest BCUT2D eigenvalue weighted by molar-refractivity contribution is -0.160. The van der Waals surface area contributed by atoms with E-state index in [1.54, 1.807) is 12.1 Å². The second kappa shape index (κ2) is 6.25. The van der Waals surface area contributed by atoms with E-state index < -0.39 is 18.0 Å². The molecule has 0 saturated carbocycles. The maximum absolute atomic E-state index is 9.51. The minimum Gasteiger partial charge on any atom is -0.479 e. The zero-order valence-electron chi connectivity index (χ0n) is 8.20. The van der Waals surface area contributed by atoms with Crippen molar-refractivity contribution < 1.29 is 24.9 Å².